The van der Waals surface area contributed by atoms with Crippen LogP contribution in [-0.4, -0.2) is 68.1 Å². The van der Waals surface area contributed by atoms with E-state index in [1.54, 1.807) is 23.1 Å². The predicted molar refractivity (Wildman–Crippen MR) is 150 cm³/mol. The molecule has 3 aromatic rings. The lowest BCUT2D eigenvalue weighted by Crippen LogP contribution is -2.51. The number of amides is 1. The van der Waals surface area contributed by atoms with Gasteiger partial charge in [-0.25, -0.2) is 8.78 Å². The van der Waals surface area contributed by atoms with E-state index in [-0.39, 0.29) is 23.5 Å². The molecule has 206 valence electrons. The summed E-state index contributed by atoms with van der Waals surface area (Å²) >= 11 is 0. The normalized spacial score (nSPS) is 18.4. The highest BCUT2D eigenvalue weighted by atomic mass is 19.1. The maximum Gasteiger partial charge on any atom is 0.241 e. The molecule has 3 aromatic carbocycles. The molecule has 2 heterocycles. The second-order valence-corrected chi connectivity index (χ2v) is 10.5. The molecule has 0 radical (unpaired) electrons. The number of hydrogen-bond donors (Lipinski definition) is 0. The molecule has 2 aliphatic rings. The smallest absolute Gasteiger partial charge is 0.241 e. The molecule has 0 N–H and O–H groups in total. The van der Waals surface area contributed by atoms with Crippen molar-refractivity contribution >= 4 is 11.6 Å². The van der Waals surface area contributed by atoms with Crippen LogP contribution in [0.15, 0.2) is 66.7 Å². The van der Waals surface area contributed by atoms with Gasteiger partial charge in [0.25, 0.3) is 0 Å². The van der Waals surface area contributed by atoms with Crippen molar-refractivity contribution in [1.82, 2.24) is 9.80 Å². The van der Waals surface area contributed by atoms with Crippen LogP contribution in [0.25, 0.3) is 0 Å². The number of nitrogens with zero attached hydrogens (tertiary/aromatic N) is 3. The first-order valence-electron chi connectivity index (χ1n) is 14.0. The van der Waals surface area contributed by atoms with E-state index in [0.717, 1.165) is 68.9 Å². The zero-order chi connectivity index (χ0) is 27.2. The van der Waals surface area contributed by atoms with Crippen LogP contribution in [0.2, 0.25) is 0 Å². The average Bonchev–Trinajstić information content (AvgIpc) is 3.14. The highest BCUT2D eigenvalue weighted by molar-refractivity contribution is 5.96. The molecule has 0 aliphatic carbocycles. The summed E-state index contributed by atoms with van der Waals surface area (Å²) in [6, 6.07) is 19.5. The maximum atomic E-state index is 14.4. The molecular weight excluding hydrogens is 496 g/mol. The summed E-state index contributed by atoms with van der Waals surface area (Å²) in [4.78, 5) is 19.8. The summed E-state index contributed by atoms with van der Waals surface area (Å²) in [6.07, 6.45) is 2.63. The molecule has 5 rings (SSSR count). The highest BCUT2D eigenvalue weighted by Crippen LogP contribution is 2.39. The van der Waals surface area contributed by atoms with Crippen molar-refractivity contribution in [2.45, 2.75) is 32.1 Å². The van der Waals surface area contributed by atoms with Crippen LogP contribution in [0.5, 0.6) is 5.75 Å². The first-order valence-corrected chi connectivity index (χ1v) is 14.0. The minimum absolute atomic E-state index is 0.00524. The first kappa shape index (κ1) is 27.3. The van der Waals surface area contributed by atoms with Crippen LogP contribution >= 0.6 is 0 Å². The summed E-state index contributed by atoms with van der Waals surface area (Å²) in [6.45, 7) is 7.84. The molecule has 0 aromatic heterocycles. The van der Waals surface area contributed by atoms with Crippen LogP contribution in [0.4, 0.5) is 14.5 Å². The SMILES string of the molecule is CCc1ccc(OCCN2CCN(CC(=O)N3CCCC(c4ccc(F)cc4)c4ccc(F)cc43)CC2)cc1. The van der Waals surface area contributed by atoms with E-state index >= 15 is 0 Å². The highest BCUT2D eigenvalue weighted by Gasteiger charge is 2.29. The predicted octanol–water partition coefficient (Wildman–Crippen LogP) is 5.48. The Morgan fingerprint density at radius 1 is 0.872 bits per heavy atom. The Labute approximate surface area is 230 Å². The third-order valence-electron chi connectivity index (χ3n) is 7.94. The van der Waals surface area contributed by atoms with Gasteiger partial charge in [-0.15, -0.1) is 0 Å². The molecule has 5 nitrogen and oxygen atoms in total. The lowest BCUT2D eigenvalue weighted by atomic mass is 9.87. The van der Waals surface area contributed by atoms with Gasteiger partial charge < -0.3 is 9.64 Å². The third kappa shape index (κ3) is 6.84. The number of halogens is 2. The Bertz CT molecular complexity index is 1240. The van der Waals surface area contributed by atoms with E-state index in [2.05, 4.69) is 28.9 Å². The molecule has 1 atom stereocenters. The molecule has 1 saturated heterocycles. The molecular formula is C32H37F2N3O2. The van der Waals surface area contributed by atoms with Gasteiger partial charge in [0.2, 0.25) is 5.91 Å². The fourth-order valence-electron chi connectivity index (χ4n) is 5.64. The third-order valence-corrected chi connectivity index (χ3v) is 7.94. The molecule has 7 heteroatoms. The Hall–Kier alpha value is -3.29. The van der Waals surface area contributed by atoms with Crippen LogP contribution < -0.4 is 9.64 Å². The lowest BCUT2D eigenvalue weighted by Gasteiger charge is -2.35. The fourth-order valence-corrected chi connectivity index (χ4v) is 5.64. The minimum atomic E-state index is -0.358. The number of rotatable bonds is 8. The molecule has 1 amide bonds. The van der Waals surface area contributed by atoms with Crippen LogP contribution in [-0.2, 0) is 11.2 Å². The van der Waals surface area contributed by atoms with E-state index in [9.17, 15) is 13.6 Å². The standard InChI is InChI=1S/C32H37F2N3O2/c1-2-24-5-12-28(13-6-24)39-21-20-35-16-18-36(19-17-35)23-32(38)37-15-3-4-29(25-7-9-26(33)10-8-25)30-14-11-27(34)22-31(30)37/h5-14,22,29H,2-4,15-21,23H2,1H3. The van der Waals surface area contributed by atoms with E-state index in [4.69, 9.17) is 4.74 Å². The number of carbonyl (C=O) groups excluding carboxylic acids is 1. The van der Waals surface area contributed by atoms with Gasteiger partial charge in [0.1, 0.15) is 24.0 Å². The largest absolute Gasteiger partial charge is 0.492 e. The first-order chi connectivity index (χ1) is 19.0. The fraction of sp³-hybridized carbons (Fsp3) is 0.406. The van der Waals surface area contributed by atoms with Gasteiger partial charge in [-0.3, -0.25) is 14.6 Å². The number of aryl methyl sites for hydroxylation is 1. The molecule has 0 spiro atoms. The van der Waals surface area contributed by atoms with E-state index in [0.29, 0.717) is 25.4 Å². The number of ether oxygens (including phenoxy) is 1. The molecule has 2 aliphatic heterocycles. The Kier molecular flexibility index (Phi) is 8.89. The second-order valence-electron chi connectivity index (χ2n) is 10.5. The van der Waals surface area contributed by atoms with Gasteiger partial charge in [-0.05, 0) is 72.4 Å². The van der Waals surface area contributed by atoms with Gasteiger partial charge in [-0.1, -0.05) is 37.3 Å². The van der Waals surface area contributed by atoms with Crippen molar-refractivity contribution in [3.63, 3.8) is 0 Å². The van der Waals surface area contributed by atoms with Gasteiger partial charge in [-0.2, -0.15) is 0 Å². The number of hydrogen-bond acceptors (Lipinski definition) is 4. The van der Waals surface area contributed by atoms with Crippen LogP contribution in [0.3, 0.4) is 0 Å². The van der Waals surface area contributed by atoms with Crippen molar-refractivity contribution in [3.8, 4) is 5.75 Å². The zero-order valence-corrected chi connectivity index (χ0v) is 22.6. The number of piperazine rings is 1. The molecule has 1 fully saturated rings. The number of carbonyl (C=O) groups is 1. The summed E-state index contributed by atoms with van der Waals surface area (Å²) in [5, 5.41) is 0. The van der Waals surface area contributed by atoms with Gasteiger partial charge >= 0.3 is 0 Å². The van der Waals surface area contributed by atoms with Crippen molar-refractivity contribution in [2.75, 3.05) is 57.3 Å². The number of anilines is 1. The van der Waals surface area contributed by atoms with Crippen molar-refractivity contribution in [2.24, 2.45) is 0 Å². The van der Waals surface area contributed by atoms with E-state index in [1.165, 1.54) is 29.8 Å². The quantitative estimate of drug-likeness (QED) is 0.384. The summed E-state index contributed by atoms with van der Waals surface area (Å²) in [5.74, 6) is 0.247. The summed E-state index contributed by atoms with van der Waals surface area (Å²) in [7, 11) is 0. The van der Waals surface area contributed by atoms with Crippen molar-refractivity contribution in [3.05, 3.63) is 95.1 Å². The number of benzene rings is 3. The zero-order valence-electron chi connectivity index (χ0n) is 22.6. The van der Waals surface area contributed by atoms with Crippen molar-refractivity contribution in [1.29, 1.82) is 0 Å². The maximum absolute atomic E-state index is 14.4. The van der Waals surface area contributed by atoms with Gasteiger partial charge in [0.15, 0.2) is 0 Å². The van der Waals surface area contributed by atoms with E-state index < -0.39 is 0 Å². The summed E-state index contributed by atoms with van der Waals surface area (Å²) < 4.78 is 33.8. The average molecular weight is 534 g/mol. The molecule has 39 heavy (non-hydrogen) atoms. The Morgan fingerprint density at radius 3 is 2.28 bits per heavy atom. The second kappa shape index (κ2) is 12.7. The summed E-state index contributed by atoms with van der Waals surface area (Å²) in [5.41, 5.74) is 3.84. The minimum Gasteiger partial charge on any atom is -0.492 e. The Balaban J connectivity index is 1.16. The Morgan fingerprint density at radius 2 is 1.56 bits per heavy atom. The van der Waals surface area contributed by atoms with Gasteiger partial charge in [0, 0.05) is 45.2 Å². The molecule has 0 bridgehead atoms. The lowest BCUT2D eigenvalue weighted by molar-refractivity contribution is -0.120. The van der Waals surface area contributed by atoms with Crippen LogP contribution in [0.1, 0.15) is 42.4 Å². The van der Waals surface area contributed by atoms with E-state index in [1.807, 2.05) is 12.1 Å². The number of fused-ring (bicyclic) bond motifs is 1. The molecule has 1 unspecified atom stereocenters. The topological polar surface area (TPSA) is 36.0 Å². The van der Waals surface area contributed by atoms with Crippen LogP contribution in [0, 0.1) is 11.6 Å². The monoisotopic (exact) mass is 533 g/mol. The molecule has 0 saturated carbocycles. The van der Waals surface area contributed by atoms with Gasteiger partial charge in [0.05, 0.1) is 12.2 Å². The van der Waals surface area contributed by atoms with Crippen molar-refractivity contribution < 1.29 is 18.3 Å².